The van der Waals surface area contributed by atoms with Gasteiger partial charge in [0.15, 0.2) is 0 Å². The maximum absolute atomic E-state index is 11.6. The maximum Gasteiger partial charge on any atom is 0.241 e. The van der Waals surface area contributed by atoms with E-state index in [1.165, 1.54) is 0 Å². The molecule has 1 atom stereocenters. The normalized spacial score (nSPS) is 16.9. The zero-order valence-electron chi connectivity index (χ0n) is 10.6. The largest absolute Gasteiger partial charge is 0.347 e. The van der Waals surface area contributed by atoms with Crippen LogP contribution in [0.15, 0.2) is 0 Å². The topological polar surface area (TPSA) is 75.4 Å². The predicted octanol–water partition coefficient (Wildman–Crippen LogP) is 0.243. The summed E-state index contributed by atoms with van der Waals surface area (Å²) in [5.41, 5.74) is 5.76. The maximum atomic E-state index is 11.6. The number of nitrogens with zero attached hydrogens (tertiary/aromatic N) is 1. The molecule has 1 rings (SSSR count). The van der Waals surface area contributed by atoms with Crippen LogP contribution < -0.4 is 11.1 Å². The lowest BCUT2D eigenvalue weighted by molar-refractivity contribution is -0.132. The number of hydrogen-bond acceptors (Lipinski definition) is 3. The van der Waals surface area contributed by atoms with Crippen LogP contribution in [0.25, 0.3) is 0 Å². The van der Waals surface area contributed by atoms with Gasteiger partial charge in [-0.3, -0.25) is 9.59 Å². The van der Waals surface area contributed by atoms with Gasteiger partial charge in [0.05, 0.1) is 6.54 Å². The molecule has 1 saturated heterocycles. The molecule has 0 spiro atoms. The standard InChI is InChI=1S/C12H23N3O2/c1-2-5-10(13)8-11(16)14-9-12(17)15-6-3-4-7-15/h10H,2-9,13H2,1H3,(H,14,16). The van der Waals surface area contributed by atoms with E-state index >= 15 is 0 Å². The summed E-state index contributed by atoms with van der Waals surface area (Å²) in [5.74, 6) is -0.113. The summed E-state index contributed by atoms with van der Waals surface area (Å²) in [5, 5.41) is 2.64. The van der Waals surface area contributed by atoms with Gasteiger partial charge < -0.3 is 16.0 Å². The lowest BCUT2D eigenvalue weighted by Gasteiger charge is -2.16. The van der Waals surface area contributed by atoms with Crippen molar-refractivity contribution in [1.29, 1.82) is 0 Å². The fourth-order valence-corrected chi connectivity index (χ4v) is 2.04. The molecule has 1 heterocycles. The van der Waals surface area contributed by atoms with Gasteiger partial charge in [-0.25, -0.2) is 0 Å². The van der Waals surface area contributed by atoms with Gasteiger partial charge in [0, 0.05) is 25.6 Å². The van der Waals surface area contributed by atoms with Crippen molar-refractivity contribution in [2.24, 2.45) is 5.73 Å². The summed E-state index contributed by atoms with van der Waals surface area (Å²) in [6.07, 6.45) is 4.26. The Morgan fingerprint density at radius 1 is 1.35 bits per heavy atom. The number of carbonyl (C=O) groups excluding carboxylic acids is 2. The van der Waals surface area contributed by atoms with Gasteiger partial charge in [0.25, 0.3) is 0 Å². The highest BCUT2D eigenvalue weighted by atomic mass is 16.2. The SMILES string of the molecule is CCCC(N)CC(=O)NCC(=O)N1CCCC1. The minimum atomic E-state index is -0.126. The minimum Gasteiger partial charge on any atom is -0.347 e. The van der Waals surface area contributed by atoms with E-state index in [4.69, 9.17) is 5.73 Å². The van der Waals surface area contributed by atoms with E-state index in [1.807, 2.05) is 6.92 Å². The minimum absolute atomic E-state index is 0.0138. The first-order chi connectivity index (χ1) is 8.13. The zero-order chi connectivity index (χ0) is 12.7. The van der Waals surface area contributed by atoms with Crippen LogP contribution in [0.3, 0.4) is 0 Å². The van der Waals surface area contributed by atoms with Crippen molar-refractivity contribution in [2.75, 3.05) is 19.6 Å². The van der Waals surface area contributed by atoms with Crippen molar-refractivity contribution in [1.82, 2.24) is 10.2 Å². The number of carbonyl (C=O) groups is 2. The molecule has 5 nitrogen and oxygen atoms in total. The van der Waals surface area contributed by atoms with Crippen LogP contribution in [-0.2, 0) is 9.59 Å². The lowest BCUT2D eigenvalue weighted by atomic mass is 10.1. The highest BCUT2D eigenvalue weighted by molar-refractivity contribution is 5.85. The van der Waals surface area contributed by atoms with Crippen LogP contribution in [0.2, 0.25) is 0 Å². The molecule has 3 N–H and O–H groups in total. The highest BCUT2D eigenvalue weighted by Crippen LogP contribution is 2.06. The molecule has 0 aliphatic carbocycles. The average molecular weight is 241 g/mol. The fourth-order valence-electron chi connectivity index (χ4n) is 2.04. The summed E-state index contributed by atoms with van der Waals surface area (Å²) in [6.45, 7) is 3.79. The molecular weight excluding hydrogens is 218 g/mol. The Hall–Kier alpha value is -1.10. The molecule has 0 radical (unpaired) electrons. The molecule has 1 fully saturated rings. The molecule has 0 saturated carbocycles. The summed E-state index contributed by atoms with van der Waals surface area (Å²) in [4.78, 5) is 24.9. The second kappa shape index (κ2) is 7.27. The van der Waals surface area contributed by atoms with E-state index in [0.29, 0.717) is 6.42 Å². The van der Waals surface area contributed by atoms with Crippen molar-refractivity contribution >= 4 is 11.8 Å². The second-order valence-corrected chi connectivity index (χ2v) is 4.62. The average Bonchev–Trinajstić information content (AvgIpc) is 2.79. The summed E-state index contributed by atoms with van der Waals surface area (Å²) in [7, 11) is 0. The van der Waals surface area contributed by atoms with E-state index in [2.05, 4.69) is 5.32 Å². The third-order valence-corrected chi connectivity index (χ3v) is 3.00. The second-order valence-electron chi connectivity index (χ2n) is 4.62. The predicted molar refractivity (Wildman–Crippen MR) is 66.3 cm³/mol. The third-order valence-electron chi connectivity index (χ3n) is 3.00. The molecule has 1 aliphatic heterocycles. The van der Waals surface area contributed by atoms with Gasteiger partial charge >= 0.3 is 0 Å². The molecule has 1 unspecified atom stereocenters. The Kier molecular flexibility index (Phi) is 5.97. The van der Waals surface area contributed by atoms with Gasteiger partial charge in [-0.05, 0) is 19.3 Å². The molecule has 5 heteroatoms. The smallest absolute Gasteiger partial charge is 0.241 e. The molecular formula is C12H23N3O2. The Morgan fingerprint density at radius 3 is 2.59 bits per heavy atom. The first-order valence-electron chi connectivity index (χ1n) is 6.43. The molecule has 1 aliphatic rings. The quantitative estimate of drug-likeness (QED) is 0.699. The molecule has 0 aromatic carbocycles. The number of nitrogens with two attached hydrogens (primary N) is 1. The zero-order valence-corrected chi connectivity index (χ0v) is 10.6. The van der Waals surface area contributed by atoms with E-state index in [-0.39, 0.29) is 24.4 Å². The van der Waals surface area contributed by atoms with E-state index in [0.717, 1.165) is 38.8 Å². The summed E-state index contributed by atoms with van der Waals surface area (Å²) >= 11 is 0. The lowest BCUT2D eigenvalue weighted by Crippen LogP contribution is -2.40. The molecule has 0 aromatic heterocycles. The van der Waals surface area contributed by atoms with Gasteiger partial charge in [-0.1, -0.05) is 13.3 Å². The monoisotopic (exact) mass is 241 g/mol. The Balaban J connectivity index is 2.16. The number of rotatable bonds is 6. The van der Waals surface area contributed by atoms with Crippen LogP contribution in [0.5, 0.6) is 0 Å². The van der Waals surface area contributed by atoms with Crippen molar-refractivity contribution in [3.05, 3.63) is 0 Å². The number of likely N-dealkylation sites (tertiary alicyclic amines) is 1. The number of nitrogens with one attached hydrogen (secondary N) is 1. The van der Waals surface area contributed by atoms with Crippen LogP contribution in [0, 0.1) is 0 Å². The number of amides is 2. The van der Waals surface area contributed by atoms with Crippen molar-refractivity contribution in [3.63, 3.8) is 0 Å². The van der Waals surface area contributed by atoms with Crippen molar-refractivity contribution < 1.29 is 9.59 Å². The van der Waals surface area contributed by atoms with Crippen LogP contribution in [-0.4, -0.2) is 42.4 Å². The fraction of sp³-hybridized carbons (Fsp3) is 0.833. The van der Waals surface area contributed by atoms with Crippen LogP contribution in [0.4, 0.5) is 0 Å². The Morgan fingerprint density at radius 2 is 2.00 bits per heavy atom. The summed E-state index contributed by atoms with van der Waals surface area (Å²) in [6, 6.07) is -0.0955. The summed E-state index contributed by atoms with van der Waals surface area (Å²) < 4.78 is 0. The van der Waals surface area contributed by atoms with E-state index in [9.17, 15) is 9.59 Å². The highest BCUT2D eigenvalue weighted by Gasteiger charge is 2.18. The Labute approximate surface area is 103 Å². The van der Waals surface area contributed by atoms with Crippen molar-refractivity contribution in [3.8, 4) is 0 Å². The number of hydrogen-bond donors (Lipinski definition) is 2. The molecule has 2 amide bonds. The van der Waals surface area contributed by atoms with Crippen LogP contribution >= 0.6 is 0 Å². The van der Waals surface area contributed by atoms with E-state index in [1.54, 1.807) is 4.90 Å². The van der Waals surface area contributed by atoms with Gasteiger partial charge in [0.1, 0.15) is 0 Å². The Bertz CT molecular complexity index is 262. The van der Waals surface area contributed by atoms with Gasteiger partial charge in [-0.15, -0.1) is 0 Å². The first-order valence-corrected chi connectivity index (χ1v) is 6.43. The van der Waals surface area contributed by atoms with Crippen molar-refractivity contribution in [2.45, 2.75) is 45.1 Å². The molecule has 98 valence electrons. The van der Waals surface area contributed by atoms with Gasteiger partial charge in [-0.2, -0.15) is 0 Å². The van der Waals surface area contributed by atoms with E-state index < -0.39 is 0 Å². The van der Waals surface area contributed by atoms with Gasteiger partial charge in [0.2, 0.25) is 11.8 Å². The molecule has 17 heavy (non-hydrogen) atoms. The van der Waals surface area contributed by atoms with Crippen LogP contribution in [0.1, 0.15) is 39.0 Å². The first kappa shape index (κ1) is 14.0. The third kappa shape index (κ3) is 5.17. The molecule has 0 bridgehead atoms. The molecule has 0 aromatic rings.